The highest BCUT2D eigenvalue weighted by Crippen LogP contribution is 2.23. The molecule has 204 valence electrons. The maximum absolute atomic E-state index is 13.0. The molecule has 4 aromatic rings. The van der Waals surface area contributed by atoms with E-state index in [9.17, 15) is 14.7 Å². The zero-order chi connectivity index (χ0) is 28.2. The molecule has 0 saturated carbocycles. The summed E-state index contributed by atoms with van der Waals surface area (Å²) in [7, 11) is 1.38. The Morgan fingerprint density at radius 1 is 1.00 bits per heavy atom. The fourth-order valence-electron chi connectivity index (χ4n) is 4.46. The third-order valence-corrected chi connectivity index (χ3v) is 6.72. The molecule has 39 heavy (non-hydrogen) atoms. The van der Waals surface area contributed by atoms with Gasteiger partial charge in [0.1, 0.15) is 5.82 Å². The van der Waals surface area contributed by atoms with E-state index < -0.39 is 5.97 Å². The predicted molar refractivity (Wildman–Crippen MR) is 149 cm³/mol. The summed E-state index contributed by atoms with van der Waals surface area (Å²) in [6, 6.07) is 16.1. The van der Waals surface area contributed by atoms with Crippen LogP contribution >= 0.6 is 0 Å². The number of aromatic carboxylic acids is 1. The summed E-state index contributed by atoms with van der Waals surface area (Å²) in [5, 5.41) is 14.0. The molecule has 9 heteroatoms. The van der Waals surface area contributed by atoms with Crippen molar-refractivity contribution < 1.29 is 14.6 Å². The van der Waals surface area contributed by atoms with Crippen LogP contribution in [0.5, 0.6) is 5.75 Å². The minimum Gasteiger partial charge on any atom is -0.493 e. The zero-order valence-corrected chi connectivity index (χ0v) is 23.1. The quantitative estimate of drug-likeness (QED) is 0.315. The number of carboxylic acids is 1. The number of nitrogens with zero attached hydrogens (tertiary/aromatic N) is 5. The maximum Gasteiger partial charge on any atom is 0.358 e. The first-order valence-corrected chi connectivity index (χ1v) is 13.1. The Labute approximate surface area is 228 Å². The van der Waals surface area contributed by atoms with Crippen LogP contribution in [0.2, 0.25) is 0 Å². The minimum atomic E-state index is -1.17. The maximum atomic E-state index is 13.0. The number of aromatic nitrogens is 5. The summed E-state index contributed by atoms with van der Waals surface area (Å²) in [5.74, 6) is 0.0661. The van der Waals surface area contributed by atoms with Gasteiger partial charge in [-0.3, -0.25) is 4.57 Å². The molecule has 0 aliphatic carbocycles. The second-order valence-electron chi connectivity index (χ2n) is 10.5. The standard InChI is InChI=1S/C30H35N5O4/c1-6-34-25(33-35(29(34)38)19-21-12-16-23(17-13-21)30(2,3)4)9-7-8-20-10-14-22(15-11-20)27-31-18-24(39-5)26(32-27)28(36)37/h10-18H,6-9,19H2,1-5H3,(H,36,37). The van der Waals surface area contributed by atoms with Gasteiger partial charge in [0, 0.05) is 18.5 Å². The van der Waals surface area contributed by atoms with Crippen molar-refractivity contribution in [3.63, 3.8) is 0 Å². The minimum absolute atomic E-state index is 0.0833. The van der Waals surface area contributed by atoms with Crippen molar-refractivity contribution in [1.82, 2.24) is 24.3 Å². The van der Waals surface area contributed by atoms with Crippen LogP contribution in [0.4, 0.5) is 0 Å². The SMILES string of the molecule is CCn1c(CCCc2ccc(-c3ncc(OC)c(C(=O)O)n3)cc2)nn(Cc2ccc(C(C)(C)C)cc2)c1=O. The number of rotatable bonds is 10. The summed E-state index contributed by atoms with van der Waals surface area (Å²) < 4.78 is 8.33. The highest BCUT2D eigenvalue weighted by Gasteiger charge is 2.17. The Morgan fingerprint density at radius 3 is 2.26 bits per heavy atom. The van der Waals surface area contributed by atoms with Gasteiger partial charge in [-0.1, -0.05) is 69.3 Å². The summed E-state index contributed by atoms with van der Waals surface area (Å²) in [4.78, 5) is 32.8. The molecule has 0 atom stereocenters. The normalized spacial score (nSPS) is 11.5. The van der Waals surface area contributed by atoms with E-state index in [2.05, 4.69) is 60.1 Å². The predicted octanol–water partition coefficient (Wildman–Crippen LogP) is 4.75. The molecule has 0 spiro atoms. The Bertz CT molecular complexity index is 1500. The molecule has 0 aliphatic rings. The van der Waals surface area contributed by atoms with E-state index in [0.717, 1.165) is 35.4 Å². The van der Waals surface area contributed by atoms with Crippen molar-refractivity contribution >= 4 is 5.97 Å². The molecule has 2 aromatic carbocycles. The number of hydrogen-bond acceptors (Lipinski definition) is 6. The lowest BCUT2D eigenvalue weighted by Crippen LogP contribution is -2.25. The molecular formula is C30H35N5O4. The van der Waals surface area contributed by atoms with Gasteiger partial charge in [-0.05, 0) is 41.9 Å². The first kappa shape index (κ1) is 27.8. The zero-order valence-electron chi connectivity index (χ0n) is 23.1. The van der Waals surface area contributed by atoms with E-state index in [-0.39, 0.29) is 22.5 Å². The van der Waals surface area contributed by atoms with Crippen molar-refractivity contribution in [3.8, 4) is 17.1 Å². The number of carbonyl (C=O) groups is 1. The van der Waals surface area contributed by atoms with Gasteiger partial charge in [-0.15, -0.1) is 0 Å². The molecule has 0 radical (unpaired) electrons. The number of hydrogen-bond donors (Lipinski definition) is 1. The van der Waals surface area contributed by atoms with Gasteiger partial charge in [0.25, 0.3) is 0 Å². The lowest BCUT2D eigenvalue weighted by molar-refractivity contribution is 0.0686. The van der Waals surface area contributed by atoms with Crippen molar-refractivity contribution in [1.29, 1.82) is 0 Å². The van der Waals surface area contributed by atoms with E-state index in [4.69, 9.17) is 4.74 Å². The van der Waals surface area contributed by atoms with Crippen LogP contribution in [0.15, 0.2) is 59.5 Å². The molecular weight excluding hydrogens is 494 g/mol. The van der Waals surface area contributed by atoms with Crippen LogP contribution in [-0.2, 0) is 31.3 Å². The average Bonchev–Trinajstić information content (AvgIpc) is 3.22. The van der Waals surface area contributed by atoms with E-state index in [0.29, 0.717) is 25.3 Å². The number of carboxylic acid groups (broad SMARTS) is 1. The van der Waals surface area contributed by atoms with Crippen LogP contribution in [0.1, 0.15) is 67.1 Å². The van der Waals surface area contributed by atoms with Crippen LogP contribution < -0.4 is 10.4 Å². The first-order chi connectivity index (χ1) is 18.6. The molecule has 1 N–H and O–H groups in total. The Kier molecular flexibility index (Phi) is 8.28. The smallest absolute Gasteiger partial charge is 0.358 e. The molecule has 0 fully saturated rings. The fourth-order valence-corrected chi connectivity index (χ4v) is 4.46. The lowest BCUT2D eigenvalue weighted by Gasteiger charge is -2.19. The van der Waals surface area contributed by atoms with Gasteiger partial charge in [-0.2, -0.15) is 5.10 Å². The number of ether oxygens (including phenoxy) is 1. The summed E-state index contributed by atoms with van der Waals surface area (Å²) >= 11 is 0. The molecule has 0 unspecified atom stereocenters. The van der Waals surface area contributed by atoms with Crippen LogP contribution in [0.25, 0.3) is 11.4 Å². The lowest BCUT2D eigenvalue weighted by atomic mass is 9.87. The van der Waals surface area contributed by atoms with Crippen LogP contribution in [-0.4, -0.2) is 42.5 Å². The van der Waals surface area contributed by atoms with Crippen molar-refractivity contribution in [2.45, 2.75) is 65.5 Å². The monoisotopic (exact) mass is 529 g/mol. The van der Waals surface area contributed by atoms with E-state index in [1.807, 2.05) is 31.2 Å². The van der Waals surface area contributed by atoms with Crippen LogP contribution in [0, 0.1) is 0 Å². The third-order valence-electron chi connectivity index (χ3n) is 6.72. The van der Waals surface area contributed by atoms with E-state index >= 15 is 0 Å². The second kappa shape index (κ2) is 11.6. The van der Waals surface area contributed by atoms with Crippen molar-refractivity contribution in [3.05, 3.63) is 93.4 Å². The van der Waals surface area contributed by atoms with E-state index in [1.165, 1.54) is 18.9 Å². The molecule has 4 rings (SSSR count). The highest BCUT2D eigenvalue weighted by molar-refractivity contribution is 5.89. The Hall–Kier alpha value is -4.27. The molecule has 2 aromatic heterocycles. The van der Waals surface area contributed by atoms with Gasteiger partial charge in [0.05, 0.1) is 19.9 Å². The van der Waals surface area contributed by atoms with Crippen molar-refractivity contribution in [2.75, 3.05) is 7.11 Å². The number of methoxy groups -OCH3 is 1. The largest absolute Gasteiger partial charge is 0.493 e. The van der Waals surface area contributed by atoms with Gasteiger partial charge in [0.2, 0.25) is 0 Å². The average molecular weight is 530 g/mol. The topological polar surface area (TPSA) is 112 Å². The number of aryl methyl sites for hydroxylation is 2. The summed E-state index contributed by atoms with van der Waals surface area (Å²) in [6.45, 7) is 9.53. The molecule has 0 bridgehead atoms. The summed E-state index contributed by atoms with van der Waals surface area (Å²) in [6.07, 6.45) is 3.69. The Balaban J connectivity index is 1.40. The van der Waals surface area contributed by atoms with Gasteiger partial charge < -0.3 is 9.84 Å². The molecule has 0 amide bonds. The molecule has 2 heterocycles. The molecule has 0 aliphatic heterocycles. The fraction of sp³-hybridized carbons (Fsp3) is 0.367. The highest BCUT2D eigenvalue weighted by atomic mass is 16.5. The second-order valence-corrected chi connectivity index (χ2v) is 10.5. The van der Waals surface area contributed by atoms with Gasteiger partial charge >= 0.3 is 11.7 Å². The van der Waals surface area contributed by atoms with Gasteiger partial charge in [-0.25, -0.2) is 24.2 Å². The first-order valence-electron chi connectivity index (χ1n) is 13.1. The van der Waals surface area contributed by atoms with Gasteiger partial charge in [0.15, 0.2) is 17.3 Å². The summed E-state index contributed by atoms with van der Waals surface area (Å²) in [5.41, 5.74) is 3.97. The number of benzene rings is 2. The van der Waals surface area contributed by atoms with E-state index in [1.54, 1.807) is 9.25 Å². The Morgan fingerprint density at radius 2 is 1.67 bits per heavy atom. The third kappa shape index (κ3) is 6.42. The van der Waals surface area contributed by atoms with Crippen LogP contribution in [0.3, 0.4) is 0 Å². The molecule has 0 saturated heterocycles. The molecule has 9 nitrogen and oxygen atoms in total. The van der Waals surface area contributed by atoms with Crippen molar-refractivity contribution in [2.24, 2.45) is 0 Å².